The number of hydrogen-bond donors (Lipinski definition) is 1. The second kappa shape index (κ2) is 6.52. The third-order valence-corrected chi connectivity index (χ3v) is 2.88. The minimum Gasteiger partial charge on any atom is -0.370 e. The number of imidazole rings is 1. The standard InChI is InChI=1S/C13H18ClN5/c1-10(2)13-17-11(14)8-12(18-13)16-4-3-6-19-7-5-15-9-19/h5,7-10H,3-4,6H2,1-2H3,(H,16,17,18). The molecular weight excluding hydrogens is 262 g/mol. The molecule has 6 heteroatoms. The molecule has 0 fully saturated rings. The molecule has 0 atom stereocenters. The lowest BCUT2D eigenvalue weighted by atomic mass is 10.2. The molecule has 0 radical (unpaired) electrons. The second-order valence-electron chi connectivity index (χ2n) is 4.67. The number of aromatic nitrogens is 4. The van der Waals surface area contributed by atoms with Gasteiger partial charge in [0, 0.05) is 37.5 Å². The Morgan fingerprint density at radius 3 is 2.89 bits per heavy atom. The van der Waals surface area contributed by atoms with Crippen LogP contribution in [0.3, 0.4) is 0 Å². The van der Waals surface area contributed by atoms with E-state index in [0.717, 1.165) is 31.2 Å². The van der Waals surface area contributed by atoms with Crippen LogP contribution in [0.1, 0.15) is 32.0 Å². The van der Waals surface area contributed by atoms with Gasteiger partial charge in [0.25, 0.3) is 0 Å². The molecule has 0 saturated heterocycles. The highest BCUT2D eigenvalue weighted by Crippen LogP contribution is 2.16. The summed E-state index contributed by atoms with van der Waals surface area (Å²) < 4.78 is 2.05. The SMILES string of the molecule is CC(C)c1nc(Cl)cc(NCCCn2ccnc2)n1. The van der Waals surface area contributed by atoms with Crippen LogP contribution in [0.4, 0.5) is 5.82 Å². The lowest BCUT2D eigenvalue weighted by Crippen LogP contribution is -2.09. The quantitative estimate of drug-likeness (QED) is 0.652. The van der Waals surface area contributed by atoms with Crippen LogP contribution in [0, 0.1) is 0 Å². The van der Waals surface area contributed by atoms with Crippen LogP contribution < -0.4 is 5.32 Å². The Kier molecular flexibility index (Phi) is 4.74. The fourth-order valence-corrected chi connectivity index (χ4v) is 1.87. The first-order valence-corrected chi connectivity index (χ1v) is 6.77. The zero-order valence-electron chi connectivity index (χ0n) is 11.2. The van der Waals surface area contributed by atoms with Gasteiger partial charge in [-0.1, -0.05) is 25.4 Å². The lowest BCUT2D eigenvalue weighted by Gasteiger charge is -2.09. The number of aryl methyl sites for hydroxylation is 1. The van der Waals surface area contributed by atoms with Crippen LogP contribution in [0.15, 0.2) is 24.8 Å². The molecule has 2 rings (SSSR count). The molecule has 0 unspecified atom stereocenters. The zero-order chi connectivity index (χ0) is 13.7. The van der Waals surface area contributed by atoms with Gasteiger partial charge in [0.05, 0.1) is 6.33 Å². The molecule has 19 heavy (non-hydrogen) atoms. The van der Waals surface area contributed by atoms with Gasteiger partial charge in [-0.15, -0.1) is 0 Å². The van der Waals surface area contributed by atoms with Crippen LogP contribution in [-0.4, -0.2) is 26.1 Å². The van der Waals surface area contributed by atoms with Crippen molar-refractivity contribution < 1.29 is 0 Å². The van der Waals surface area contributed by atoms with Crippen molar-refractivity contribution in [3.05, 3.63) is 35.8 Å². The molecule has 2 heterocycles. The summed E-state index contributed by atoms with van der Waals surface area (Å²) in [5, 5.41) is 3.76. The molecule has 2 aromatic rings. The highest BCUT2D eigenvalue weighted by atomic mass is 35.5. The minimum atomic E-state index is 0.269. The molecular formula is C13H18ClN5. The Labute approximate surface area is 118 Å². The van der Waals surface area contributed by atoms with Crippen LogP contribution in [0.5, 0.6) is 0 Å². The highest BCUT2D eigenvalue weighted by Gasteiger charge is 2.06. The van der Waals surface area contributed by atoms with E-state index in [1.807, 2.05) is 17.1 Å². The van der Waals surface area contributed by atoms with Gasteiger partial charge in [-0.3, -0.25) is 0 Å². The largest absolute Gasteiger partial charge is 0.370 e. The number of anilines is 1. The Hall–Kier alpha value is -1.62. The van der Waals surface area contributed by atoms with E-state index in [1.54, 1.807) is 12.3 Å². The fraction of sp³-hybridized carbons (Fsp3) is 0.462. The van der Waals surface area contributed by atoms with E-state index in [1.165, 1.54) is 0 Å². The van der Waals surface area contributed by atoms with Crippen molar-refractivity contribution >= 4 is 17.4 Å². The van der Waals surface area contributed by atoms with Gasteiger partial charge in [-0.25, -0.2) is 15.0 Å². The van der Waals surface area contributed by atoms with Gasteiger partial charge in [0.1, 0.15) is 16.8 Å². The smallest absolute Gasteiger partial charge is 0.135 e. The maximum atomic E-state index is 5.98. The topological polar surface area (TPSA) is 55.6 Å². The van der Waals surface area contributed by atoms with Crippen LogP contribution in [-0.2, 0) is 6.54 Å². The third-order valence-electron chi connectivity index (χ3n) is 2.69. The first-order chi connectivity index (χ1) is 9.15. The summed E-state index contributed by atoms with van der Waals surface area (Å²) in [7, 11) is 0. The summed E-state index contributed by atoms with van der Waals surface area (Å²) in [6, 6.07) is 1.75. The van der Waals surface area contributed by atoms with E-state index < -0.39 is 0 Å². The van der Waals surface area contributed by atoms with Crippen molar-refractivity contribution in [1.29, 1.82) is 0 Å². The summed E-state index contributed by atoms with van der Waals surface area (Å²) >= 11 is 5.98. The molecule has 0 amide bonds. The molecule has 2 aromatic heterocycles. The van der Waals surface area contributed by atoms with E-state index in [-0.39, 0.29) is 5.92 Å². The molecule has 0 saturated carbocycles. The van der Waals surface area contributed by atoms with E-state index in [2.05, 4.69) is 34.1 Å². The Morgan fingerprint density at radius 1 is 1.37 bits per heavy atom. The summed E-state index contributed by atoms with van der Waals surface area (Å²) in [6.45, 7) is 5.87. The average molecular weight is 280 g/mol. The zero-order valence-corrected chi connectivity index (χ0v) is 11.9. The van der Waals surface area contributed by atoms with Crippen LogP contribution in [0.25, 0.3) is 0 Å². The fourth-order valence-electron chi connectivity index (χ4n) is 1.68. The van der Waals surface area contributed by atoms with Crippen LogP contribution in [0.2, 0.25) is 5.15 Å². The van der Waals surface area contributed by atoms with Gasteiger partial charge in [-0.2, -0.15) is 0 Å². The van der Waals surface area contributed by atoms with Crippen molar-refractivity contribution in [2.75, 3.05) is 11.9 Å². The van der Waals surface area contributed by atoms with Crippen molar-refractivity contribution in [3.63, 3.8) is 0 Å². The van der Waals surface area contributed by atoms with Crippen LogP contribution >= 0.6 is 11.6 Å². The van der Waals surface area contributed by atoms with Crippen molar-refractivity contribution in [2.24, 2.45) is 0 Å². The van der Waals surface area contributed by atoms with Crippen molar-refractivity contribution in [1.82, 2.24) is 19.5 Å². The summed E-state index contributed by atoms with van der Waals surface area (Å²) in [5.74, 6) is 1.82. The molecule has 5 nitrogen and oxygen atoms in total. The molecule has 1 N–H and O–H groups in total. The number of halogens is 1. The monoisotopic (exact) mass is 279 g/mol. The number of hydrogen-bond acceptors (Lipinski definition) is 4. The summed E-state index contributed by atoms with van der Waals surface area (Å²) in [4.78, 5) is 12.7. The normalized spacial score (nSPS) is 10.9. The Morgan fingerprint density at radius 2 is 2.21 bits per heavy atom. The molecule has 0 aliphatic carbocycles. The predicted molar refractivity (Wildman–Crippen MR) is 76.5 cm³/mol. The predicted octanol–water partition coefficient (Wildman–Crippen LogP) is 2.95. The van der Waals surface area contributed by atoms with Crippen molar-refractivity contribution in [3.8, 4) is 0 Å². The maximum absolute atomic E-state index is 5.98. The second-order valence-corrected chi connectivity index (χ2v) is 5.06. The molecule has 0 bridgehead atoms. The first kappa shape index (κ1) is 13.8. The molecule has 0 aliphatic rings. The number of nitrogens with one attached hydrogen (secondary N) is 1. The third kappa shape index (κ3) is 4.21. The first-order valence-electron chi connectivity index (χ1n) is 6.39. The highest BCUT2D eigenvalue weighted by molar-refractivity contribution is 6.29. The molecule has 0 aliphatic heterocycles. The lowest BCUT2D eigenvalue weighted by molar-refractivity contribution is 0.659. The number of nitrogens with zero attached hydrogens (tertiary/aromatic N) is 4. The Bertz CT molecular complexity index is 510. The molecule has 0 aromatic carbocycles. The minimum absolute atomic E-state index is 0.269. The van der Waals surface area contributed by atoms with E-state index in [9.17, 15) is 0 Å². The van der Waals surface area contributed by atoms with Gasteiger partial charge >= 0.3 is 0 Å². The summed E-state index contributed by atoms with van der Waals surface area (Å²) in [6.07, 6.45) is 6.55. The van der Waals surface area contributed by atoms with Crippen molar-refractivity contribution in [2.45, 2.75) is 32.7 Å². The van der Waals surface area contributed by atoms with Gasteiger partial charge in [0.2, 0.25) is 0 Å². The van der Waals surface area contributed by atoms with E-state index >= 15 is 0 Å². The van der Waals surface area contributed by atoms with E-state index in [0.29, 0.717) is 5.15 Å². The van der Waals surface area contributed by atoms with Gasteiger partial charge in [-0.05, 0) is 6.42 Å². The van der Waals surface area contributed by atoms with Gasteiger partial charge < -0.3 is 9.88 Å². The molecule has 102 valence electrons. The molecule has 0 spiro atoms. The number of rotatable bonds is 6. The summed E-state index contributed by atoms with van der Waals surface area (Å²) in [5.41, 5.74) is 0. The maximum Gasteiger partial charge on any atom is 0.135 e. The van der Waals surface area contributed by atoms with E-state index in [4.69, 9.17) is 11.6 Å². The Balaban J connectivity index is 1.85. The average Bonchev–Trinajstić information content (AvgIpc) is 2.87. The van der Waals surface area contributed by atoms with Gasteiger partial charge in [0.15, 0.2) is 0 Å².